The Morgan fingerprint density at radius 1 is 1.00 bits per heavy atom. The third-order valence-electron chi connectivity index (χ3n) is 7.15. The number of hydrogen-bond acceptors (Lipinski definition) is 7. The number of pyridine rings is 1. The molecule has 3 heterocycles. The molecule has 3 aromatic rings. The molecule has 2 aliphatic heterocycles. The number of anilines is 2. The molecule has 1 unspecified atom stereocenters. The van der Waals surface area contributed by atoms with E-state index in [1.807, 2.05) is 17.2 Å². The summed E-state index contributed by atoms with van der Waals surface area (Å²) in [5, 5.41) is 0. The van der Waals surface area contributed by atoms with E-state index in [9.17, 15) is 14.4 Å². The quantitative estimate of drug-likeness (QED) is 0.427. The number of hydrogen-bond donors (Lipinski definition) is 0. The van der Waals surface area contributed by atoms with Crippen LogP contribution in [-0.2, 0) is 15.9 Å². The van der Waals surface area contributed by atoms with Gasteiger partial charge in [-0.25, -0.2) is 14.6 Å². The van der Waals surface area contributed by atoms with Gasteiger partial charge in [-0.2, -0.15) is 0 Å². The van der Waals surface area contributed by atoms with Crippen molar-refractivity contribution >= 4 is 29.5 Å². The summed E-state index contributed by atoms with van der Waals surface area (Å²) in [7, 11) is 0. The van der Waals surface area contributed by atoms with Gasteiger partial charge < -0.3 is 19.3 Å². The highest BCUT2D eigenvalue weighted by Crippen LogP contribution is 2.25. The van der Waals surface area contributed by atoms with Gasteiger partial charge >= 0.3 is 12.1 Å². The van der Waals surface area contributed by atoms with Crippen LogP contribution in [0.1, 0.15) is 38.8 Å². The van der Waals surface area contributed by atoms with Gasteiger partial charge in [0.1, 0.15) is 25.1 Å². The number of cyclic esters (lactones) is 1. The predicted molar refractivity (Wildman–Crippen MR) is 147 cm³/mol. The third kappa shape index (κ3) is 5.72. The van der Waals surface area contributed by atoms with Gasteiger partial charge in [0.15, 0.2) is 0 Å². The number of amides is 2. The lowest BCUT2D eigenvalue weighted by molar-refractivity contribution is 0.0475. The Labute approximate surface area is 227 Å². The van der Waals surface area contributed by atoms with E-state index < -0.39 is 18.1 Å². The summed E-state index contributed by atoms with van der Waals surface area (Å²) in [5.41, 5.74) is 3.94. The van der Waals surface area contributed by atoms with Crippen LogP contribution in [0.5, 0.6) is 0 Å². The Kier molecular flexibility index (Phi) is 7.76. The second-order valence-corrected chi connectivity index (χ2v) is 9.73. The summed E-state index contributed by atoms with van der Waals surface area (Å²) in [6.45, 7) is 6.94. The summed E-state index contributed by atoms with van der Waals surface area (Å²) >= 11 is 0. The van der Waals surface area contributed by atoms with Crippen LogP contribution in [0.2, 0.25) is 0 Å². The maximum Gasteiger partial charge on any atom is 0.414 e. The molecule has 9 heteroatoms. The summed E-state index contributed by atoms with van der Waals surface area (Å²) < 4.78 is 10.7. The van der Waals surface area contributed by atoms with Crippen molar-refractivity contribution in [3.63, 3.8) is 0 Å². The molecule has 9 nitrogen and oxygen atoms in total. The molecule has 0 N–H and O–H groups in total. The van der Waals surface area contributed by atoms with Crippen LogP contribution >= 0.6 is 0 Å². The zero-order valence-electron chi connectivity index (χ0n) is 22.2. The third-order valence-corrected chi connectivity index (χ3v) is 7.15. The second kappa shape index (κ2) is 11.6. The van der Waals surface area contributed by atoms with E-state index >= 15 is 0 Å². The lowest BCUT2D eigenvalue weighted by Gasteiger charge is -2.36. The molecular weight excluding hydrogens is 496 g/mol. The monoisotopic (exact) mass is 528 g/mol. The minimum atomic E-state index is -0.512. The van der Waals surface area contributed by atoms with E-state index in [4.69, 9.17) is 9.47 Å². The molecule has 5 rings (SSSR count). The van der Waals surface area contributed by atoms with Crippen molar-refractivity contribution in [1.29, 1.82) is 0 Å². The smallest absolute Gasteiger partial charge is 0.414 e. The molecule has 0 saturated carbocycles. The summed E-state index contributed by atoms with van der Waals surface area (Å²) in [4.78, 5) is 48.2. The Morgan fingerprint density at radius 2 is 1.72 bits per heavy atom. The zero-order valence-corrected chi connectivity index (χ0v) is 22.2. The first-order valence-corrected chi connectivity index (χ1v) is 13.2. The molecule has 202 valence electrons. The predicted octanol–water partition coefficient (Wildman–Crippen LogP) is 4.10. The molecule has 0 bridgehead atoms. The molecule has 0 aliphatic carbocycles. The van der Waals surface area contributed by atoms with Crippen LogP contribution in [-0.4, -0.2) is 73.3 Å². The fourth-order valence-corrected chi connectivity index (χ4v) is 4.95. The number of piperazine rings is 1. The zero-order chi connectivity index (χ0) is 27.4. The van der Waals surface area contributed by atoms with E-state index in [0.717, 1.165) is 17.8 Å². The SMILES string of the molecule is CCc1cnc(N2CCN(C(=O)c3ccc(N4C(=O)OCC4COC(=O)c4ccccc4)cc3)CC2)c(C)c1. The van der Waals surface area contributed by atoms with E-state index in [2.05, 4.69) is 29.8 Å². The largest absolute Gasteiger partial charge is 0.460 e. The average molecular weight is 529 g/mol. The number of ether oxygens (including phenoxy) is 2. The van der Waals surface area contributed by atoms with Gasteiger partial charge in [-0.15, -0.1) is 0 Å². The molecule has 2 fully saturated rings. The van der Waals surface area contributed by atoms with Crippen LogP contribution in [0.15, 0.2) is 66.9 Å². The summed E-state index contributed by atoms with van der Waals surface area (Å²) in [5.74, 6) is 0.467. The van der Waals surface area contributed by atoms with Gasteiger partial charge in [-0.05, 0) is 60.9 Å². The molecular formula is C30H32N4O5. The van der Waals surface area contributed by atoms with Crippen molar-refractivity contribution in [3.05, 3.63) is 89.1 Å². The van der Waals surface area contributed by atoms with Crippen LogP contribution < -0.4 is 9.80 Å². The van der Waals surface area contributed by atoms with Crippen LogP contribution in [0.25, 0.3) is 0 Å². The molecule has 2 saturated heterocycles. The number of aromatic nitrogens is 1. The van der Waals surface area contributed by atoms with Crippen LogP contribution in [0, 0.1) is 6.92 Å². The van der Waals surface area contributed by atoms with E-state index in [0.29, 0.717) is 43.0 Å². The molecule has 2 aliphatic rings. The number of benzene rings is 2. The number of nitrogens with zero attached hydrogens (tertiary/aromatic N) is 4. The normalized spacial score (nSPS) is 17.2. The van der Waals surface area contributed by atoms with Crippen molar-refractivity contribution < 1.29 is 23.9 Å². The highest BCUT2D eigenvalue weighted by Gasteiger charge is 2.35. The summed E-state index contributed by atoms with van der Waals surface area (Å²) in [6, 6.07) is 17.3. The van der Waals surface area contributed by atoms with Crippen molar-refractivity contribution in [3.8, 4) is 0 Å². The maximum atomic E-state index is 13.2. The Bertz CT molecular complexity index is 1340. The number of carbonyl (C=O) groups excluding carboxylic acids is 3. The first-order chi connectivity index (χ1) is 18.9. The van der Waals surface area contributed by atoms with Gasteiger partial charge in [0.2, 0.25) is 0 Å². The second-order valence-electron chi connectivity index (χ2n) is 9.73. The van der Waals surface area contributed by atoms with Crippen LogP contribution in [0.4, 0.5) is 16.3 Å². The van der Waals surface area contributed by atoms with Crippen molar-refractivity contribution in [2.24, 2.45) is 0 Å². The number of carbonyl (C=O) groups is 3. The van der Waals surface area contributed by atoms with Crippen molar-refractivity contribution in [2.45, 2.75) is 26.3 Å². The topological polar surface area (TPSA) is 92.3 Å². The lowest BCUT2D eigenvalue weighted by Crippen LogP contribution is -2.49. The minimum Gasteiger partial charge on any atom is -0.460 e. The minimum absolute atomic E-state index is 0.0000694. The molecule has 1 aromatic heterocycles. The van der Waals surface area contributed by atoms with Crippen LogP contribution in [0.3, 0.4) is 0 Å². The Balaban J connectivity index is 1.18. The molecule has 1 atom stereocenters. The van der Waals surface area contributed by atoms with E-state index in [1.165, 1.54) is 10.5 Å². The van der Waals surface area contributed by atoms with Gasteiger partial charge in [0.05, 0.1) is 5.56 Å². The Hall–Kier alpha value is -4.40. The highest BCUT2D eigenvalue weighted by molar-refractivity contribution is 5.96. The first-order valence-electron chi connectivity index (χ1n) is 13.2. The van der Waals surface area contributed by atoms with E-state index in [-0.39, 0.29) is 19.1 Å². The number of aryl methyl sites for hydroxylation is 2. The maximum absolute atomic E-state index is 13.2. The average Bonchev–Trinajstić information content (AvgIpc) is 3.36. The summed E-state index contributed by atoms with van der Waals surface area (Å²) in [6.07, 6.45) is 2.37. The fourth-order valence-electron chi connectivity index (χ4n) is 4.95. The Morgan fingerprint density at radius 3 is 2.38 bits per heavy atom. The number of rotatable bonds is 7. The first kappa shape index (κ1) is 26.2. The van der Waals surface area contributed by atoms with Crippen molar-refractivity contribution in [1.82, 2.24) is 9.88 Å². The highest BCUT2D eigenvalue weighted by atomic mass is 16.6. The van der Waals surface area contributed by atoms with Gasteiger partial charge in [-0.3, -0.25) is 9.69 Å². The lowest BCUT2D eigenvalue weighted by atomic mass is 10.1. The van der Waals surface area contributed by atoms with Gasteiger partial charge in [0, 0.05) is 43.6 Å². The molecule has 2 aromatic carbocycles. The van der Waals surface area contributed by atoms with E-state index in [1.54, 1.807) is 48.5 Å². The van der Waals surface area contributed by atoms with Crippen molar-refractivity contribution in [2.75, 3.05) is 49.2 Å². The molecule has 39 heavy (non-hydrogen) atoms. The molecule has 2 amide bonds. The molecule has 0 radical (unpaired) electrons. The van der Waals surface area contributed by atoms with Gasteiger partial charge in [0.25, 0.3) is 5.91 Å². The van der Waals surface area contributed by atoms with Gasteiger partial charge in [-0.1, -0.05) is 31.2 Å². The number of esters is 1. The fraction of sp³-hybridized carbons (Fsp3) is 0.333. The molecule has 0 spiro atoms. The standard InChI is InChI=1S/C30H32N4O5/c1-3-22-17-21(2)27(31-18-22)32-13-15-33(16-14-32)28(35)23-9-11-25(12-10-23)34-26(20-39-30(34)37)19-38-29(36)24-7-5-4-6-8-24/h4-12,17-18,26H,3,13-16,19-20H2,1-2H3.